The van der Waals surface area contributed by atoms with Crippen LogP contribution in [0.2, 0.25) is 0 Å². The van der Waals surface area contributed by atoms with E-state index in [0.717, 1.165) is 12.8 Å². The Kier molecular flexibility index (Phi) is 5.02. The average molecular weight is 275 g/mol. The molecule has 2 amide bonds. The SMILES string of the molecule is CN(C)C(=O)C1CCN(C(=O)C(C)(C)CCl)CC1. The molecule has 0 aromatic heterocycles. The van der Waals surface area contributed by atoms with Gasteiger partial charge in [-0.1, -0.05) is 0 Å². The Bertz CT molecular complexity index is 321. The molecule has 1 rings (SSSR count). The number of hydrogen-bond acceptors (Lipinski definition) is 2. The van der Waals surface area contributed by atoms with Crippen molar-refractivity contribution >= 4 is 23.4 Å². The number of piperidine rings is 1. The third kappa shape index (κ3) is 3.37. The van der Waals surface area contributed by atoms with Crippen molar-refractivity contribution < 1.29 is 9.59 Å². The number of carbonyl (C=O) groups is 2. The van der Waals surface area contributed by atoms with Crippen LogP contribution < -0.4 is 0 Å². The molecule has 104 valence electrons. The molecular weight excluding hydrogens is 252 g/mol. The van der Waals surface area contributed by atoms with E-state index < -0.39 is 5.41 Å². The molecule has 0 aromatic carbocycles. The number of halogens is 1. The lowest BCUT2D eigenvalue weighted by Crippen LogP contribution is -2.47. The summed E-state index contributed by atoms with van der Waals surface area (Å²) in [5.41, 5.74) is -0.514. The van der Waals surface area contributed by atoms with Gasteiger partial charge >= 0.3 is 0 Å². The van der Waals surface area contributed by atoms with Gasteiger partial charge in [0.25, 0.3) is 0 Å². The number of nitrogens with zero attached hydrogens (tertiary/aromatic N) is 2. The Balaban J connectivity index is 2.54. The summed E-state index contributed by atoms with van der Waals surface area (Å²) in [5.74, 6) is 0.637. The Morgan fingerprint density at radius 2 is 1.78 bits per heavy atom. The predicted molar refractivity (Wildman–Crippen MR) is 72.5 cm³/mol. The molecule has 1 heterocycles. The summed E-state index contributed by atoms with van der Waals surface area (Å²) in [7, 11) is 3.55. The Morgan fingerprint density at radius 1 is 1.28 bits per heavy atom. The van der Waals surface area contributed by atoms with Crippen molar-refractivity contribution in [1.29, 1.82) is 0 Å². The molecular formula is C13H23ClN2O2. The molecule has 1 aliphatic heterocycles. The molecule has 0 bridgehead atoms. The van der Waals surface area contributed by atoms with E-state index in [1.165, 1.54) is 0 Å². The van der Waals surface area contributed by atoms with Crippen molar-refractivity contribution in [2.45, 2.75) is 26.7 Å². The quantitative estimate of drug-likeness (QED) is 0.733. The van der Waals surface area contributed by atoms with Gasteiger partial charge in [0.1, 0.15) is 0 Å². The first-order chi connectivity index (χ1) is 8.29. The van der Waals surface area contributed by atoms with Crippen molar-refractivity contribution in [2.75, 3.05) is 33.1 Å². The molecule has 0 spiro atoms. The molecule has 0 aromatic rings. The molecule has 0 atom stereocenters. The zero-order chi connectivity index (χ0) is 13.9. The fraction of sp³-hybridized carbons (Fsp3) is 0.846. The fourth-order valence-corrected chi connectivity index (χ4v) is 2.29. The van der Waals surface area contributed by atoms with Crippen LogP contribution in [0.1, 0.15) is 26.7 Å². The van der Waals surface area contributed by atoms with E-state index in [-0.39, 0.29) is 17.7 Å². The second-order valence-electron chi connectivity index (χ2n) is 5.82. The largest absolute Gasteiger partial charge is 0.349 e. The average Bonchev–Trinajstić information content (AvgIpc) is 2.37. The van der Waals surface area contributed by atoms with Crippen LogP contribution in [-0.2, 0) is 9.59 Å². The molecule has 5 heteroatoms. The maximum Gasteiger partial charge on any atom is 0.229 e. The molecule has 0 saturated carbocycles. The summed E-state index contributed by atoms with van der Waals surface area (Å²) in [5, 5.41) is 0. The minimum absolute atomic E-state index is 0.0585. The van der Waals surface area contributed by atoms with Crippen molar-refractivity contribution in [2.24, 2.45) is 11.3 Å². The van der Waals surface area contributed by atoms with Crippen LogP contribution in [-0.4, -0.2) is 54.7 Å². The van der Waals surface area contributed by atoms with Crippen molar-refractivity contribution in [3.05, 3.63) is 0 Å². The normalized spacial score (nSPS) is 17.7. The number of likely N-dealkylation sites (tertiary alicyclic amines) is 1. The number of amides is 2. The Morgan fingerprint density at radius 3 is 2.17 bits per heavy atom. The molecule has 1 fully saturated rings. The lowest BCUT2D eigenvalue weighted by Gasteiger charge is -2.36. The van der Waals surface area contributed by atoms with E-state index in [2.05, 4.69) is 0 Å². The third-order valence-electron chi connectivity index (χ3n) is 3.49. The molecule has 1 aliphatic rings. The molecule has 0 aliphatic carbocycles. The van der Waals surface area contributed by atoms with Crippen molar-refractivity contribution in [3.8, 4) is 0 Å². The first kappa shape index (κ1) is 15.3. The Labute approximate surface area is 114 Å². The van der Waals surface area contributed by atoms with Crippen LogP contribution in [0.3, 0.4) is 0 Å². The van der Waals surface area contributed by atoms with Crippen molar-refractivity contribution in [1.82, 2.24) is 9.80 Å². The highest BCUT2D eigenvalue weighted by Gasteiger charge is 2.34. The van der Waals surface area contributed by atoms with E-state index in [1.807, 2.05) is 18.7 Å². The van der Waals surface area contributed by atoms with Gasteiger partial charge in [0.2, 0.25) is 11.8 Å². The van der Waals surface area contributed by atoms with Gasteiger partial charge in [0.15, 0.2) is 0 Å². The Hall–Kier alpha value is -0.770. The van der Waals surface area contributed by atoms with E-state index in [4.69, 9.17) is 11.6 Å². The maximum atomic E-state index is 12.2. The van der Waals surface area contributed by atoms with Gasteiger partial charge in [0.05, 0.1) is 5.41 Å². The number of rotatable bonds is 3. The molecule has 4 nitrogen and oxygen atoms in total. The minimum Gasteiger partial charge on any atom is -0.349 e. The van der Waals surface area contributed by atoms with E-state index in [0.29, 0.717) is 19.0 Å². The van der Waals surface area contributed by atoms with Gasteiger partial charge < -0.3 is 9.80 Å². The summed E-state index contributed by atoms with van der Waals surface area (Å²) in [6.45, 7) is 5.03. The lowest BCUT2D eigenvalue weighted by molar-refractivity contribution is -0.143. The van der Waals surface area contributed by atoms with Crippen LogP contribution in [0, 0.1) is 11.3 Å². The molecule has 18 heavy (non-hydrogen) atoms. The van der Waals surface area contributed by atoms with Crippen LogP contribution in [0.4, 0.5) is 0 Å². The zero-order valence-electron chi connectivity index (χ0n) is 11.7. The highest BCUT2D eigenvalue weighted by molar-refractivity contribution is 6.19. The van der Waals surface area contributed by atoms with E-state index in [1.54, 1.807) is 19.0 Å². The summed E-state index contributed by atoms with van der Waals surface area (Å²) in [6.07, 6.45) is 1.50. The first-order valence-electron chi connectivity index (χ1n) is 6.36. The molecule has 1 saturated heterocycles. The fourth-order valence-electron chi connectivity index (χ4n) is 2.18. The second-order valence-corrected chi connectivity index (χ2v) is 6.08. The summed E-state index contributed by atoms with van der Waals surface area (Å²) >= 11 is 5.82. The zero-order valence-corrected chi connectivity index (χ0v) is 12.5. The third-order valence-corrected chi connectivity index (χ3v) is 4.15. The van der Waals surface area contributed by atoms with Gasteiger partial charge in [-0.2, -0.15) is 0 Å². The smallest absolute Gasteiger partial charge is 0.229 e. The molecule has 0 N–H and O–H groups in total. The molecule has 0 unspecified atom stereocenters. The second kappa shape index (κ2) is 5.91. The maximum absolute atomic E-state index is 12.2. The first-order valence-corrected chi connectivity index (χ1v) is 6.89. The van der Waals surface area contributed by atoms with Gasteiger partial charge in [-0.3, -0.25) is 9.59 Å². The monoisotopic (exact) mass is 274 g/mol. The van der Waals surface area contributed by atoms with Crippen LogP contribution in [0.15, 0.2) is 0 Å². The van der Waals surface area contributed by atoms with Crippen LogP contribution in [0.5, 0.6) is 0 Å². The topological polar surface area (TPSA) is 40.6 Å². The number of hydrogen-bond donors (Lipinski definition) is 0. The minimum atomic E-state index is -0.514. The highest BCUT2D eigenvalue weighted by atomic mass is 35.5. The van der Waals surface area contributed by atoms with Crippen LogP contribution in [0.25, 0.3) is 0 Å². The predicted octanol–water partition coefficient (Wildman–Crippen LogP) is 1.58. The highest BCUT2D eigenvalue weighted by Crippen LogP contribution is 2.25. The van der Waals surface area contributed by atoms with Gasteiger partial charge in [0, 0.05) is 39.0 Å². The van der Waals surface area contributed by atoms with Crippen LogP contribution >= 0.6 is 11.6 Å². The summed E-state index contributed by atoms with van der Waals surface area (Å²) in [6, 6.07) is 0. The summed E-state index contributed by atoms with van der Waals surface area (Å²) in [4.78, 5) is 27.5. The number of alkyl halides is 1. The summed E-state index contributed by atoms with van der Waals surface area (Å²) < 4.78 is 0. The van der Waals surface area contributed by atoms with E-state index in [9.17, 15) is 9.59 Å². The number of carbonyl (C=O) groups excluding carboxylic acids is 2. The van der Waals surface area contributed by atoms with Gasteiger partial charge in [-0.15, -0.1) is 11.6 Å². The molecule has 0 radical (unpaired) electrons. The van der Waals surface area contributed by atoms with E-state index >= 15 is 0 Å². The van der Waals surface area contributed by atoms with Gasteiger partial charge in [-0.05, 0) is 26.7 Å². The van der Waals surface area contributed by atoms with Crippen molar-refractivity contribution in [3.63, 3.8) is 0 Å². The standard InChI is InChI=1S/C13H23ClN2O2/c1-13(2,9-14)12(18)16-7-5-10(6-8-16)11(17)15(3)4/h10H,5-9H2,1-4H3. The lowest BCUT2D eigenvalue weighted by atomic mass is 9.90. The van der Waals surface area contributed by atoms with Gasteiger partial charge in [-0.25, -0.2) is 0 Å².